The van der Waals surface area contributed by atoms with Crippen LogP contribution < -0.4 is 0 Å². The Hall–Kier alpha value is -2.10. The number of hydrogen-bond acceptors (Lipinski definition) is 1. The van der Waals surface area contributed by atoms with Crippen LogP contribution in [0.5, 0.6) is 0 Å². The number of benzene rings is 1. The average molecular weight is 371 g/mol. The van der Waals surface area contributed by atoms with Gasteiger partial charge in [-0.3, -0.25) is 4.98 Å². The van der Waals surface area contributed by atoms with Gasteiger partial charge in [0.05, 0.1) is 5.69 Å². The van der Waals surface area contributed by atoms with Gasteiger partial charge in [-0.05, 0) is 66.4 Å². The van der Waals surface area contributed by atoms with Crippen LogP contribution in [0.1, 0.15) is 38.3 Å². The summed E-state index contributed by atoms with van der Waals surface area (Å²) in [5.74, 6) is -1.67. The fraction of sp³-hybridized carbons (Fsp3) is 0.435. The Balaban J connectivity index is 1.49. The highest BCUT2D eigenvalue weighted by atomic mass is 19.3. The van der Waals surface area contributed by atoms with E-state index < -0.39 is 5.92 Å². The number of hydrogen-bond donors (Lipinski definition) is 0. The fourth-order valence-corrected chi connectivity index (χ4v) is 4.91. The second-order valence-electron chi connectivity index (χ2n) is 8.15. The topological polar surface area (TPSA) is 12.9 Å². The molecule has 2 fully saturated rings. The third-order valence-electron chi connectivity index (χ3n) is 6.28. The Morgan fingerprint density at radius 3 is 2.74 bits per heavy atom. The van der Waals surface area contributed by atoms with Crippen LogP contribution >= 0.6 is 0 Å². The summed E-state index contributed by atoms with van der Waals surface area (Å²) in [6.45, 7) is 2.17. The standard InChI is InChI=1S/C23H24F3N/c1-15-11-17-9-10-23(25,26)13-22(17)21(15)8-7-20-6-5-18(14-27-20)16-3-2-4-19(24)12-16/h2-8,12,14-15,17,21-22H,9-11,13H2,1H3/b8-7+/t15-,17-,21-,22-/m1/s1. The molecule has 0 bridgehead atoms. The quantitative estimate of drug-likeness (QED) is 0.592. The first kappa shape index (κ1) is 18.3. The molecule has 0 saturated heterocycles. The summed E-state index contributed by atoms with van der Waals surface area (Å²) in [7, 11) is 0. The lowest BCUT2D eigenvalue weighted by molar-refractivity contribution is -0.0678. The van der Waals surface area contributed by atoms with Crippen molar-refractivity contribution in [2.24, 2.45) is 23.7 Å². The molecule has 4 atom stereocenters. The van der Waals surface area contributed by atoms with Crippen molar-refractivity contribution >= 4 is 6.08 Å². The molecule has 1 aromatic carbocycles. The summed E-state index contributed by atoms with van der Waals surface area (Å²) >= 11 is 0. The highest BCUT2D eigenvalue weighted by molar-refractivity contribution is 5.63. The van der Waals surface area contributed by atoms with Crippen molar-refractivity contribution in [2.75, 3.05) is 0 Å². The maximum absolute atomic E-state index is 13.9. The van der Waals surface area contributed by atoms with Gasteiger partial charge in [0.25, 0.3) is 0 Å². The average Bonchev–Trinajstić information content (AvgIpc) is 2.94. The van der Waals surface area contributed by atoms with Gasteiger partial charge in [-0.1, -0.05) is 31.2 Å². The number of allylic oxidation sites excluding steroid dienone is 1. The van der Waals surface area contributed by atoms with Gasteiger partial charge in [0, 0.05) is 24.6 Å². The minimum absolute atomic E-state index is 0.0168. The number of alkyl halides is 2. The molecule has 0 aliphatic heterocycles. The number of pyridine rings is 1. The van der Waals surface area contributed by atoms with Crippen LogP contribution in [-0.4, -0.2) is 10.9 Å². The number of halogens is 3. The lowest BCUT2D eigenvalue weighted by Crippen LogP contribution is -2.32. The minimum atomic E-state index is -2.51. The zero-order valence-corrected chi connectivity index (χ0v) is 15.4. The molecule has 2 aromatic rings. The Labute approximate surface area is 158 Å². The van der Waals surface area contributed by atoms with Crippen molar-refractivity contribution in [3.63, 3.8) is 0 Å². The van der Waals surface area contributed by atoms with Crippen LogP contribution in [0.4, 0.5) is 13.2 Å². The lowest BCUT2D eigenvalue weighted by Gasteiger charge is -2.33. The van der Waals surface area contributed by atoms with Gasteiger partial charge >= 0.3 is 0 Å². The molecule has 0 N–H and O–H groups in total. The molecule has 2 aliphatic rings. The van der Waals surface area contributed by atoms with Gasteiger partial charge < -0.3 is 0 Å². The molecule has 0 spiro atoms. The van der Waals surface area contributed by atoms with E-state index in [1.165, 1.54) is 12.1 Å². The second kappa shape index (κ2) is 7.14. The number of nitrogens with zero attached hydrogens (tertiary/aromatic N) is 1. The largest absolute Gasteiger partial charge is 0.256 e. The first-order valence-electron chi connectivity index (χ1n) is 9.69. The zero-order valence-electron chi connectivity index (χ0n) is 15.4. The van der Waals surface area contributed by atoms with E-state index in [2.05, 4.69) is 18.0 Å². The van der Waals surface area contributed by atoms with Gasteiger partial charge in [-0.15, -0.1) is 0 Å². The Kier molecular flexibility index (Phi) is 4.83. The fourth-order valence-electron chi connectivity index (χ4n) is 4.91. The summed E-state index contributed by atoms with van der Waals surface area (Å²) < 4.78 is 41.1. The molecule has 1 nitrogen and oxygen atoms in total. The molecule has 0 amide bonds. The molecule has 1 aromatic heterocycles. The molecular weight excluding hydrogens is 347 g/mol. The summed E-state index contributed by atoms with van der Waals surface area (Å²) in [5, 5.41) is 0. The summed E-state index contributed by atoms with van der Waals surface area (Å²) in [6, 6.07) is 10.2. The van der Waals surface area contributed by atoms with Crippen molar-refractivity contribution < 1.29 is 13.2 Å². The number of rotatable bonds is 3. The second-order valence-corrected chi connectivity index (χ2v) is 8.15. The summed E-state index contributed by atoms with van der Waals surface area (Å²) in [5.41, 5.74) is 2.44. The molecule has 0 radical (unpaired) electrons. The smallest absolute Gasteiger partial charge is 0.248 e. The van der Waals surface area contributed by atoms with Crippen LogP contribution in [0.2, 0.25) is 0 Å². The van der Waals surface area contributed by atoms with Gasteiger partial charge in [0.1, 0.15) is 5.82 Å². The van der Waals surface area contributed by atoms with E-state index in [1.807, 2.05) is 24.3 Å². The van der Waals surface area contributed by atoms with E-state index in [1.54, 1.807) is 12.3 Å². The predicted octanol–water partition coefficient (Wildman–Crippen LogP) is 6.61. The Morgan fingerprint density at radius 1 is 1.15 bits per heavy atom. The SMILES string of the molecule is C[C@@H]1C[C@H]2CCC(F)(F)C[C@H]2[C@@H]1/C=C/c1ccc(-c2cccc(F)c2)cn1. The maximum atomic E-state index is 13.9. The molecule has 4 rings (SSSR count). The normalized spacial score (nSPS) is 29.8. The molecule has 4 heteroatoms. The highest BCUT2D eigenvalue weighted by Gasteiger charge is 2.48. The van der Waals surface area contributed by atoms with E-state index in [-0.39, 0.29) is 30.5 Å². The maximum Gasteiger partial charge on any atom is 0.248 e. The lowest BCUT2D eigenvalue weighted by atomic mass is 9.76. The van der Waals surface area contributed by atoms with Crippen molar-refractivity contribution in [1.82, 2.24) is 4.98 Å². The predicted molar refractivity (Wildman–Crippen MR) is 102 cm³/mol. The zero-order chi connectivity index (χ0) is 19.0. The third kappa shape index (κ3) is 3.95. The van der Waals surface area contributed by atoms with Crippen LogP contribution in [0.15, 0.2) is 48.7 Å². The molecule has 0 unspecified atom stereocenters. The van der Waals surface area contributed by atoms with E-state index >= 15 is 0 Å². The van der Waals surface area contributed by atoms with Crippen molar-refractivity contribution in [3.05, 3.63) is 60.2 Å². The monoisotopic (exact) mass is 371 g/mol. The van der Waals surface area contributed by atoms with E-state index in [0.29, 0.717) is 18.3 Å². The van der Waals surface area contributed by atoms with Crippen LogP contribution in [0.25, 0.3) is 17.2 Å². The van der Waals surface area contributed by atoms with Gasteiger partial charge in [-0.25, -0.2) is 13.2 Å². The first-order chi connectivity index (χ1) is 12.9. The Morgan fingerprint density at radius 2 is 2.00 bits per heavy atom. The van der Waals surface area contributed by atoms with Gasteiger partial charge in [0.2, 0.25) is 5.92 Å². The minimum Gasteiger partial charge on any atom is -0.256 e. The molecule has 2 aliphatic carbocycles. The van der Waals surface area contributed by atoms with Crippen molar-refractivity contribution in [1.29, 1.82) is 0 Å². The van der Waals surface area contributed by atoms with Crippen LogP contribution in [-0.2, 0) is 0 Å². The summed E-state index contributed by atoms with van der Waals surface area (Å²) in [4.78, 5) is 4.45. The number of aromatic nitrogens is 1. The van der Waals surface area contributed by atoms with Gasteiger partial charge in [-0.2, -0.15) is 0 Å². The van der Waals surface area contributed by atoms with E-state index in [0.717, 1.165) is 23.2 Å². The van der Waals surface area contributed by atoms with E-state index in [9.17, 15) is 13.2 Å². The third-order valence-corrected chi connectivity index (χ3v) is 6.28. The molecule has 1 heterocycles. The Bertz CT molecular complexity index is 828. The molecule has 27 heavy (non-hydrogen) atoms. The van der Waals surface area contributed by atoms with E-state index in [4.69, 9.17) is 0 Å². The van der Waals surface area contributed by atoms with Crippen LogP contribution in [0, 0.1) is 29.5 Å². The van der Waals surface area contributed by atoms with Crippen molar-refractivity contribution in [2.45, 2.75) is 38.5 Å². The molecule has 2 saturated carbocycles. The summed E-state index contributed by atoms with van der Waals surface area (Å²) in [6.07, 6.45) is 7.51. The van der Waals surface area contributed by atoms with Gasteiger partial charge in [0.15, 0.2) is 0 Å². The molecular formula is C23H24F3N. The number of fused-ring (bicyclic) bond motifs is 1. The molecule has 142 valence electrons. The van der Waals surface area contributed by atoms with Crippen LogP contribution in [0.3, 0.4) is 0 Å². The highest BCUT2D eigenvalue weighted by Crippen LogP contribution is 2.53. The first-order valence-corrected chi connectivity index (χ1v) is 9.69. The van der Waals surface area contributed by atoms with Crippen molar-refractivity contribution in [3.8, 4) is 11.1 Å².